The van der Waals surface area contributed by atoms with E-state index in [1.807, 2.05) is 38.1 Å². The Morgan fingerprint density at radius 2 is 1.81 bits per heavy atom. The molecule has 1 aliphatic heterocycles. The molecule has 1 aliphatic rings. The summed E-state index contributed by atoms with van der Waals surface area (Å²) in [7, 11) is 0. The van der Waals surface area contributed by atoms with E-state index < -0.39 is 0 Å². The topological polar surface area (TPSA) is 62.6 Å². The molecule has 32 heavy (non-hydrogen) atoms. The Kier molecular flexibility index (Phi) is 7.09. The molecular weight excluding hydrogens is 424 g/mol. The molecule has 5 nitrogen and oxygen atoms in total. The first-order valence-electron chi connectivity index (χ1n) is 11.2. The van der Waals surface area contributed by atoms with Crippen molar-refractivity contribution in [2.75, 3.05) is 26.2 Å². The highest BCUT2D eigenvalue weighted by molar-refractivity contribution is 6.30. The Balaban J connectivity index is 1.24. The number of carbonyl (C=O) groups excluding carboxylic acids is 1. The van der Waals surface area contributed by atoms with Gasteiger partial charge in [-0.15, -0.1) is 0 Å². The van der Waals surface area contributed by atoms with Gasteiger partial charge < -0.3 is 14.6 Å². The van der Waals surface area contributed by atoms with Gasteiger partial charge in [-0.25, -0.2) is 0 Å². The second-order valence-corrected chi connectivity index (χ2v) is 9.12. The number of fused-ring (bicyclic) bond motifs is 1. The lowest BCUT2D eigenvalue weighted by Gasteiger charge is -2.31. The third kappa shape index (κ3) is 5.12. The first-order chi connectivity index (χ1) is 15.4. The van der Waals surface area contributed by atoms with Crippen LogP contribution >= 0.6 is 11.6 Å². The Hall–Kier alpha value is -2.47. The molecule has 168 valence electrons. The summed E-state index contributed by atoms with van der Waals surface area (Å²) < 4.78 is 5.69. The molecule has 0 bridgehead atoms. The number of rotatable bonds is 7. The van der Waals surface area contributed by atoms with Crippen molar-refractivity contribution in [3.05, 3.63) is 80.2 Å². The van der Waals surface area contributed by atoms with Gasteiger partial charge in [-0.2, -0.15) is 0 Å². The molecule has 1 saturated heterocycles. The fourth-order valence-electron chi connectivity index (χ4n) is 4.28. The lowest BCUT2D eigenvalue weighted by atomic mass is 9.89. The number of piperidine rings is 1. The molecule has 2 aromatic carbocycles. The van der Waals surface area contributed by atoms with E-state index in [1.54, 1.807) is 18.4 Å². The lowest BCUT2D eigenvalue weighted by Crippen LogP contribution is -2.40. The zero-order valence-electron chi connectivity index (χ0n) is 18.6. The highest BCUT2D eigenvalue weighted by Gasteiger charge is 2.25. The van der Waals surface area contributed by atoms with Gasteiger partial charge in [-0.3, -0.25) is 9.59 Å². The summed E-state index contributed by atoms with van der Waals surface area (Å²) >= 11 is 5.92. The number of likely N-dealkylation sites (tertiary alicyclic amines) is 1. The van der Waals surface area contributed by atoms with Crippen molar-refractivity contribution in [2.45, 2.75) is 33.2 Å². The zero-order valence-corrected chi connectivity index (χ0v) is 19.4. The monoisotopic (exact) mass is 452 g/mol. The van der Waals surface area contributed by atoms with Crippen molar-refractivity contribution < 1.29 is 9.21 Å². The molecule has 0 saturated carbocycles. The molecule has 3 aromatic rings. The predicted molar refractivity (Wildman–Crippen MR) is 129 cm³/mol. The minimum atomic E-state index is 0.0309. The number of hydrogen-bond acceptors (Lipinski definition) is 5. The number of nitrogens with one attached hydrogen (secondary N) is 1. The maximum atomic E-state index is 12.8. The third-order valence-corrected chi connectivity index (χ3v) is 6.72. The largest absolute Gasteiger partial charge is 0.464 e. The summed E-state index contributed by atoms with van der Waals surface area (Å²) in [5.41, 5.74) is 4.27. The summed E-state index contributed by atoms with van der Waals surface area (Å²) in [6.45, 7) is 7.98. The van der Waals surface area contributed by atoms with Crippen LogP contribution in [0.2, 0.25) is 5.02 Å². The fraction of sp³-hybridized carbons (Fsp3) is 0.385. The van der Waals surface area contributed by atoms with Crippen molar-refractivity contribution >= 4 is 28.4 Å². The van der Waals surface area contributed by atoms with Gasteiger partial charge in [0, 0.05) is 41.7 Å². The first kappa shape index (κ1) is 22.7. The van der Waals surface area contributed by atoms with Crippen LogP contribution in [-0.2, 0) is 6.54 Å². The van der Waals surface area contributed by atoms with Gasteiger partial charge in [-0.1, -0.05) is 11.6 Å². The van der Waals surface area contributed by atoms with Crippen molar-refractivity contribution in [2.24, 2.45) is 5.92 Å². The summed E-state index contributed by atoms with van der Waals surface area (Å²) in [6, 6.07) is 11.0. The van der Waals surface area contributed by atoms with Gasteiger partial charge >= 0.3 is 0 Å². The lowest BCUT2D eigenvalue weighted by molar-refractivity contribution is 0.0841. The van der Waals surface area contributed by atoms with Crippen LogP contribution in [0.3, 0.4) is 0 Å². The average Bonchev–Trinajstić information content (AvgIpc) is 2.80. The number of halogens is 1. The van der Waals surface area contributed by atoms with E-state index in [1.165, 1.54) is 0 Å². The molecule has 4 rings (SSSR count). The Labute approximate surface area is 193 Å². The van der Waals surface area contributed by atoms with Crippen molar-refractivity contribution in [3.63, 3.8) is 0 Å². The standard InChI is InChI=1S/C26H29ClN2O3/c1-17-13-23-24(14-18(17)2)32-16-21(26(23)31)15-28-9-12-29-10-7-20(8-11-29)25(30)19-3-5-22(27)6-4-19/h3-6,13-14,16,20,28H,7-12,15H2,1-2H3. The van der Waals surface area contributed by atoms with E-state index in [9.17, 15) is 9.59 Å². The zero-order chi connectivity index (χ0) is 22.7. The maximum absolute atomic E-state index is 12.8. The van der Waals surface area contributed by atoms with E-state index >= 15 is 0 Å². The summed E-state index contributed by atoms with van der Waals surface area (Å²) in [6.07, 6.45) is 3.31. The SMILES string of the molecule is Cc1cc2occ(CNCCN3CCC(C(=O)c4ccc(Cl)cc4)CC3)c(=O)c2cc1C. The smallest absolute Gasteiger partial charge is 0.197 e. The van der Waals surface area contributed by atoms with Crippen LogP contribution in [0, 0.1) is 19.8 Å². The van der Waals surface area contributed by atoms with Crippen LogP contribution in [0.25, 0.3) is 11.0 Å². The number of nitrogens with zero attached hydrogens (tertiary/aromatic N) is 1. The minimum absolute atomic E-state index is 0.0309. The van der Waals surface area contributed by atoms with Crippen molar-refractivity contribution in [1.82, 2.24) is 10.2 Å². The normalized spacial score (nSPS) is 15.3. The van der Waals surface area contributed by atoms with Crippen molar-refractivity contribution in [3.8, 4) is 0 Å². The Morgan fingerprint density at radius 3 is 2.53 bits per heavy atom. The van der Waals surface area contributed by atoms with Crippen LogP contribution in [-0.4, -0.2) is 36.9 Å². The maximum Gasteiger partial charge on any atom is 0.197 e. The molecule has 0 atom stereocenters. The number of hydrogen-bond donors (Lipinski definition) is 1. The van der Waals surface area contributed by atoms with Crippen molar-refractivity contribution in [1.29, 1.82) is 0 Å². The number of aryl methyl sites for hydroxylation is 2. The predicted octanol–water partition coefficient (Wildman–Crippen LogP) is 4.75. The van der Waals surface area contributed by atoms with Crippen LogP contribution < -0.4 is 10.7 Å². The van der Waals surface area contributed by atoms with Gasteiger partial charge in [0.25, 0.3) is 0 Å². The molecule has 1 aromatic heterocycles. The number of Topliss-reactive ketones (excluding diaryl/α,β-unsaturated/α-hetero) is 1. The number of benzene rings is 2. The van der Waals surface area contributed by atoms with Gasteiger partial charge in [0.05, 0.1) is 11.6 Å². The highest BCUT2D eigenvalue weighted by Crippen LogP contribution is 2.22. The average molecular weight is 453 g/mol. The van der Waals surface area contributed by atoms with Gasteiger partial charge in [0.1, 0.15) is 5.58 Å². The molecule has 1 N–H and O–H groups in total. The molecule has 0 unspecified atom stereocenters. The summed E-state index contributed by atoms with van der Waals surface area (Å²) in [5, 5.41) is 4.65. The summed E-state index contributed by atoms with van der Waals surface area (Å²) in [4.78, 5) is 27.8. The molecule has 1 fully saturated rings. The van der Waals surface area contributed by atoms with Gasteiger partial charge in [-0.05, 0) is 87.3 Å². The molecule has 0 spiro atoms. The van der Waals surface area contributed by atoms with Crippen LogP contribution in [0.5, 0.6) is 0 Å². The Morgan fingerprint density at radius 1 is 1.12 bits per heavy atom. The van der Waals surface area contributed by atoms with E-state index in [0.29, 0.717) is 28.1 Å². The van der Waals surface area contributed by atoms with Crippen LogP contribution in [0.4, 0.5) is 0 Å². The quantitative estimate of drug-likeness (QED) is 0.414. The first-order valence-corrected chi connectivity index (χ1v) is 11.5. The van der Waals surface area contributed by atoms with E-state index in [-0.39, 0.29) is 17.1 Å². The second-order valence-electron chi connectivity index (χ2n) is 8.69. The fourth-order valence-corrected chi connectivity index (χ4v) is 4.40. The number of carbonyl (C=O) groups is 1. The minimum Gasteiger partial charge on any atom is -0.464 e. The van der Waals surface area contributed by atoms with E-state index in [2.05, 4.69) is 10.2 Å². The molecule has 2 heterocycles. The molecule has 0 aliphatic carbocycles. The Bertz CT molecular complexity index is 1160. The summed E-state index contributed by atoms with van der Waals surface area (Å²) in [5.74, 6) is 0.294. The van der Waals surface area contributed by atoms with E-state index in [4.69, 9.17) is 16.0 Å². The molecular formula is C26H29ClN2O3. The number of ketones is 1. The molecule has 6 heteroatoms. The highest BCUT2D eigenvalue weighted by atomic mass is 35.5. The molecule has 0 amide bonds. The third-order valence-electron chi connectivity index (χ3n) is 6.47. The van der Waals surface area contributed by atoms with E-state index in [0.717, 1.165) is 55.7 Å². The molecule has 0 radical (unpaired) electrons. The van der Waals surface area contributed by atoms with Gasteiger partial charge in [0.15, 0.2) is 11.2 Å². The second kappa shape index (κ2) is 9.99. The van der Waals surface area contributed by atoms with Crippen LogP contribution in [0.15, 0.2) is 51.9 Å². The van der Waals surface area contributed by atoms with Crippen LogP contribution in [0.1, 0.15) is 39.9 Å². The van der Waals surface area contributed by atoms with Gasteiger partial charge in [0.2, 0.25) is 0 Å².